The van der Waals surface area contributed by atoms with E-state index in [0.29, 0.717) is 30.7 Å². The molecule has 1 aliphatic heterocycles. The van der Waals surface area contributed by atoms with E-state index in [2.05, 4.69) is 10.1 Å². The van der Waals surface area contributed by atoms with E-state index >= 15 is 0 Å². The van der Waals surface area contributed by atoms with Crippen LogP contribution in [0.2, 0.25) is 0 Å². The van der Waals surface area contributed by atoms with Crippen molar-refractivity contribution < 1.29 is 9.90 Å². The number of carbonyl (C=O) groups is 1. The second-order valence-electron chi connectivity index (χ2n) is 5.01. The van der Waals surface area contributed by atoms with Crippen LogP contribution < -0.4 is 0 Å². The Kier molecular flexibility index (Phi) is 2.74. The zero-order valence-corrected chi connectivity index (χ0v) is 11.0. The molecular formula is C13H16N4O2. The monoisotopic (exact) mass is 260 g/mol. The van der Waals surface area contributed by atoms with Crippen molar-refractivity contribution in [3.63, 3.8) is 0 Å². The fourth-order valence-corrected chi connectivity index (χ4v) is 2.51. The first kappa shape index (κ1) is 12.1. The molecule has 6 heteroatoms. The van der Waals surface area contributed by atoms with E-state index in [-0.39, 0.29) is 5.91 Å². The van der Waals surface area contributed by atoms with Crippen LogP contribution in [-0.4, -0.2) is 49.9 Å². The molecule has 3 rings (SSSR count). The summed E-state index contributed by atoms with van der Waals surface area (Å²) in [7, 11) is 1.81. The summed E-state index contributed by atoms with van der Waals surface area (Å²) in [5, 5.41) is 14.5. The van der Waals surface area contributed by atoms with Gasteiger partial charge < -0.3 is 10.0 Å². The molecule has 0 aromatic carbocycles. The Balaban J connectivity index is 2.07. The summed E-state index contributed by atoms with van der Waals surface area (Å²) < 4.78 is 1.66. The Morgan fingerprint density at radius 2 is 2.32 bits per heavy atom. The standard InChI is InChI=1S/C13H16N4O2/c1-8-5-10(11-6-14-16(2)12(11)15-8)13(19)17-4-3-9(18)7-17/h5-6,9,18H,3-4,7H2,1-2H3/t9-/m1/s1. The number of hydrogen-bond acceptors (Lipinski definition) is 4. The van der Waals surface area contributed by atoms with Crippen molar-refractivity contribution in [2.75, 3.05) is 13.1 Å². The molecule has 0 aliphatic carbocycles. The number of aryl methyl sites for hydroxylation is 2. The molecule has 1 fully saturated rings. The van der Waals surface area contributed by atoms with E-state index < -0.39 is 6.10 Å². The fourth-order valence-electron chi connectivity index (χ4n) is 2.51. The van der Waals surface area contributed by atoms with Gasteiger partial charge >= 0.3 is 0 Å². The lowest BCUT2D eigenvalue weighted by Crippen LogP contribution is -2.29. The van der Waals surface area contributed by atoms with Gasteiger partial charge in [-0.15, -0.1) is 0 Å². The lowest BCUT2D eigenvalue weighted by molar-refractivity contribution is 0.0766. The molecule has 1 saturated heterocycles. The minimum Gasteiger partial charge on any atom is -0.391 e. The predicted molar refractivity (Wildman–Crippen MR) is 69.8 cm³/mol. The lowest BCUT2D eigenvalue weighted by Gasteiger charge is -2.16. The van der Waals surface area contributed by atoms with E-state index in [4.69, 9.17) is 0 Å². The molecule has 100 valence electrons. The van der Waals surface area contributed by atoms with Gasteiger partial charge in [0.1, 0.15) is 0 Å². The molecule has 1 aliphatic rings. The van der Waals surface area contributed by atoms with Crippen molar-refractivity contribution >= 4 is 16.9 Å². The zero-order chi connectivity index (χ0) is 13.6. The van der Waals surface area contributed by atoms with Crippen LogP contribution in [0.4, 0.5) is 0 Å². The van der Waals surface area contributed by atoms with Crippen LogP contribution in [0, 0.1) is 6.92 Å². The number of amides is 1. The Morgan fingerprint density at radius 3 is 3.00 bits per heavy atom. The summed E-state index contributed by atoms with van der Waals surface area (Å²) in [6, 6.07) is 1.79. The van der Waals surface area contributed by atoms with Gasteiger partial charge in [-0.2, -0.15) is 5.10 Å². The van der Waals surface area contributed by atoms with Crippen molar-refractivity contribution in [1.82, 2.24) is 19.7 Å². The molecule has 0 unspecified atom stereocenters. The molecule has 6 nitrogen and oxygen atoms in total. The molecule has 1 N–H and O–H groups in total. The Hall–Kier alpha value is -1.95. The highest BCUT2D eigenvalue weighted by Gasteiger charge is 2.27. The van der Waals surface area contributed by atoms with Gasteiger partial charge in [0.25, 0.3) is 5.91 Å². The van der Waals surface area contributed by atoms with Crippen molar-refractivity contribution in [2.24, 2.45) is 7.05 Å². The number of pyridine rings is 1. The molecule has 3 heterocycles. The second kappa shape index (κ2) is 4.31. The van der Waals surface area contributed by atoms with Crippen molar-refractivity contribution in [3.05, 3.63) is 23.5 Å². The number of aliphatic hydroxyl groups excluding tert-OH is 1. The van der Waals surface area contributed by atoms with Crippen molar-refractivity contribution in [1.29, 1.82) is 0 Å². The highest BCUT2D eigenvalue weighted by atomic mass is 16.3. The van der Waals surface area contributed by atoms with E-state index in [1.54, 1.807) is 21.8 Å². The normalized spacial score (nSPS) is 19.3. The maximum atomic E-state index is 12.5. The average molecular weight is 260 g/mol. The fraction of sp³-hybridized carbons (Fsp3) is 0.462. The van der Waals surface area contributed by atoms with Crippen molar-refractivity contribution in [2.45, 2.75) is 19.4 Å². The van der Waals surface area contributed by atoms with Crippen LogP contribution in [0.5, 0.6) is 0 Å². The lowest BCUT2D eigenvalue weighted by atomic mass is 10.1. The average Bonchev–Trinajstić information content (AvgIpc) is 2.95. The minimum absolute atomic E-state index is 0.0555. The quantitative estimate of drug-likeness (QED) is 0.809. The zero-order valence-electron chi connectivity index (χ0n) is 11.0. The summed E-state index contributed by atoms with van der Waals surface area (Å²) >= 11 is 0. The third-order valence-corrected chi connectivity index (χ3v) is 3.51. The highest BCUT2D eigenvalue weighted by Crippen LogP contribution is 2.21. The molecule has 0 bridgehead atoms. The van der Waals surface area contributed by atoms with Gasteiger partial charge in [0.2, 0.25) is 0 Å². The third kappa shape index (κ3) is 1.98. The van der Waals surface area contributed by atoms with Crippen LogP contribution in [0.1, 0.15) is 22.5 Å². The maximum absolute atomic E-state index is 12.5. The number of nitrogens with zero attached hydrogens (tertiary/aromatic N) is 4. The topological polar surface area (TPSA) is 71.2 Å². The first-order chi connectivity index (χ1) is 9.06. The van der Waals surface area contributed by atoms with Gasteiger partial charge in [0.05, 0.1) is 23.3 Å². The number of β-amino-alcohol motifs (C(OH)–C–C–N with tert-alkyl or cyclic N) is 1. The van der Waals surface area contributed by atoms with E-state index in [9.17, 15) is 9.90 Å². The smallest absolute Gasteiger partial charge is 0.254 e. The maximum Gasteiger partial charge on any atom is 0.254 e. The first-order valence-corrected chi connectivity index (χ1v) is 6.33. The molecule has 19 heavy (non-hydrogen) atoms. The van der Waals surface area contributed by atoms with Crippen molar-refractivity contribution in [3.8, 4) is 0 Å². The van der Waals surface area contributed by atoms with Crippen LogP contribution in [0.3, 0.4) is 0 Å². The summed E-state index contributed by atoms with van der Waals surface area (Å²) in [6.45, 7) is 2.87. The number of hydrogen-bond donors (Lipinski definition) is 1. The largest absolute Gasteiger partial charge is 0.391 e. The molecule has 1 amide bonds. The number of likely N-dealkylation sites (tertiary alicyclic amines) is 1. The molecule has 2 aromatic heterocycles. The SMILES string of the molecule is Cc1cc(C(=O)N2CC[C@@H](O)C2)c2cnn(C)c2n1. The van der Waals surface area contributed by atoms with Gasteiger partial charge in [0, 0.05) is 25.8 Å². The predicted octanol–water partition coefficient (Wildman–Crippen LogP) is 0.484. The molecule has 1 atom stereocenters. The van der Waals surface area contributed by atoms with Gasteiger partial charge in [-0.1, -0.05) is 0 Å². The number of rotatable bonds is 1. The third-order valence-electron chi connectivity index (χ3n) is 3.51. The van der Waals surface area contributed by atoms with Gasteiger partial charge in [-0.25, -0.2) is 4.98 Å². The molecule has 0 spiro atoms. The Bertz CT molecular complexity index is 649. The molecular weight excluding hydrogens is 244 g/mol. The summed E-state index contributed by atoms with van der Waals surface area (Å²) in [5.74, 6) is -0.0555. The number of fused-ring (bicyclic) bond motifs is 1. The van der Waals surface area contributed by atoms with E-state index in [1.807, 2.05) is 14.0 Å². The number of aliphatic hydroxyl groups is 1. The van der Waals surface area contributed by atoms with Crippen LogP contribution >= 0.6 is 0 Å². The van der Waals surface area contributed by atoms with Crippen LogP contribution in [-0.2, 0) is 7.05 Å². The number of aromatic nitrogens is 3. The van der Waals surface area contributed by atoms with Gasteiger partial charge in [-0.3, -0.25) is 9.48 Å². The summed E-state index contributed by atoms with van der Waals surface area (Å²) in [5.41, 5.74) is 2.12. The molecule has 0 radical (unpaired) electrons. The minimum atomic E-state index is -0.406. The summed E-state index contributed by atoms with van der Waals surface area (Å²) in [4.78, 5) is 18.6. The Morgan fingerprint density at radius 1 is 1.53 bits per heavy atom. The van der Waals surface area contributed by atoms with Gasteiger partial charge in [0.15, 0.2) is 5.65 Å². The number of carbonyl (C=O) groups excluding carboxylic acids is 1. The molecule has 0 saturated carbocycles. The second-order valence-corrected chi connectivity index (χ2v) is 5.01. The highest BCUT2D eigenvalue weighted by molar-refractivity contribution is 6.05. The van der Waals surface area contributed by atoms with E-state index in [0.717, 1.165) is 11.1 Å². The molecule has 2 aromatic rings. The van der Waals surface area contributed by atoms with Gasteiger partial charge in [-0.05, 0) is 19.4 Å². The first-order valence-electron chi connectivity index (χ1n) is 6.33. The van der Waals surface area contributed by atoms with E-state index in [1.165, 1.54) is 0 Å². The van der Waals surface area contributed by atoms with Crippen LogP contribution in [0.25, 0.3) is 11.0 Å². The summed E-state index contributed by atoms with van der Waals surface area (Å²) in [6.07, 6.45) is 1.91. The van der Waals surface area contributed by atoms with Crippen LogP contribution in [0.15, 0.2) is 12.3 Å². The Labute approximate surface area is 110 Å².